The van der Waals surface area contributed by atoms with Gasteiger partial charge in [0.05, 0.1) is 6.54 Å². The summed E-state index contributed by atoms with van der Waals surface area (Å²) in [5.74, 6) is -0.00898. The second kappa shape index (κ2) is 4.98. The van der Waals surface area contributed by atoms with Gasteiger partial charge in [-0.25, -0.2) is 4.84 Å². The van der Waals surface area contributed by atoms with Crippen LogP contribution in [0.4, 0.5) is 5.69 Å². The summed E-state index contributed by atoms with van der Waals surface area (Å²) in [5, 5.41) is 0. The summed E-state index contributed by atoms with van der Waals surface area (Å²) >= 11 is 5.25. The average molecular weight is 213 g/mol. The van der Waals surface area contributed by atoms with E-state index in [4.69, 9.17) is 11.8 Å². The van der Waals surface area contributed by atoms with Gasteiger partial charge in [0.2, 0.25) is 0 Å². The van der Waals surface area contributed by atoms with E-state index in [1.54, 1.807) is 12.1 Å². The summed E-state index contributed by atoms with van der Waals surface area (Å²) in [6.45, 7) is 0.156. The first-order chi connectivity index (χ1) is 6.65. The van der Waals surface area contributed by atoms with Crippen molar-refractivity contribution >= 4 is 23.2 Å². The molecule has 0 radical (unpaired) electrons. The van der Waals surface area contributed by atoms with Crippen molar-refractivity contribution in [3.8, 4) is 0 Å². The van der Waals surface area contributed by atoms with Crippen LogP contribution in [0.5, 0.6) is 0 Å². The first kappa shape index (κ1) is 11.0. The van der Waals surface area contributed by atoms with E-state index in [-0.39, 0.29) is 12.3 Å². The standard InChI is InChI=1S/C10H13ClN2O/c1-13(2)9-5-3-8(4-6-9)10(14)7-12-11/h3-6,12H,7H2,1-2H3. The Morgan fingerprint density at radius 1 is 1.36 bits per heavy atom. The molecule has 1 N–H and O–H groups in total. The van der Waals surface area contributed by atoms with Crippen LogP contribution in [0.2, 0.25) is 0 Å². The quantitative estimate of drug-likeness (QED) is 0.609. The van der Waals surface area contributed by atoms with Gasteiger partial charge in [0, 0.05) is 25.3 Å². The molecule has 0 saturated carbocycles. The molecule has 76 valence electrons. The third-order valence-electron chi connectivity index (χ3n) is 1.93. The SMILES string of the molecule is CN(C)c1ccc(C(=O)CNCl)cc1. The lowest BCUT2D eigenvalue weighted by atomic mass is 10.1. The summed E-state index contributed by atoms with van der Waals surface area (Å²) in [5.41, 5.74) is 1.74. The molecule has 0 saturated heterocycles. The fourth-order valence-corrected chi connectivity index (χ4v) is 1.23. The number of rotatable bonds is 4. The number of hydrogen-bond donors (Lipinski definition) is 1. The van der Waals surface area contributed by atoms with Crippen molar-refractivity contribution in [3.05, 3.63) is 29.8 Å². The number of carbonyl (C=O) groups is 1. The Hall–Kier alpha value is -1.06. The Labute approximate surface area is 88.8 Å². The zero-order valence-corrected chi connectivity index (χ0v) is 9.01. The van der Waals surface area contributed by atoms with Crippen molar-refractivity contribution in [2.24, 2.45) is 0 Å². The number of nitrogens with zero attached hydrogens (tertiary/aromatic N) is 1. The van der Waals surface area contributed by atoms with Gasteiger partial charge in [0.25, 0.3) is 0 Å². The number of Topliss-reactive ketones (excluding diaryl/α,β-unsaturated/α-hetero) is 1. The molecule has 0 aliphatic heterocycles. The van der Waals surface area contributed by atoms with Crippen molar-refractivity contribution in [1.29, 1.82) is 0 Å². The van der Waals surface area contributed by atoms with Crippen LogP contribution in [-0.2, 0) is 0 Å². The molecular formula is C10H13ClN2O. The Morgan fingerprint density at radius 2 is 1.93 bits per heavy atom. The molecule has 0 atom stereocenters. The van der Waals surface area contributed by atoms with E-state index in [1.807, 2.05) is 31.1 Å². The maximum absolute atomic E-state index is 11.4. The molecule has 0 aromatic heterocycles. The van der Waals surface area contributed by atoms with E-state index in [9.17, 15) is 4.79 Å². The van der Waals surface area contributed by atoms with Crippen LogP contribution < -0.4 is 9.74 Å². The lowest BCUT2D eigenvalue weighted by molar-refractivity contribution is 0.0997. The number of carbonyl (C=O) groups excluding carboxylic acids is 1. The highest BCUT2D eigenvalue weighted by atomic mass is 35.5. The van der Waals surface area contributed by atoms with Crippen LogP contribution in [0.1, 0.15) is 10.4 Å². The highest BCUT2D eigenvalue weighted by molar-refractivity contribution is 6.15. The monoisotopic (exact) mass is 212 g/mol. The molecule has 0 fully saturated rings. The van der Waals surface area contributed by atoms with Crippen molar-refractivity contribution in [1.82, 2.24) is 4.84 Å². The zero-order chi connectivity index (χ0) is 10.6. The van der Waals surface area contributed by atoms with Crippen molar-refractivity contribution in [2.45, 2.75) is 0 Å². The molecular weight excluding hydrogens is 200 g/mol. The van der Waals surface area contributed by atoms with E-state index < -0.39 is 0 Å². The number of benzene rings is 1. The van der Waals surface area contributed by atoms with E-state index in [0.717, 1.165) is 5.69 Å². The number of anilines is 1. The minimum atomic E-state index is -0.00898. The lowest BCUT2D eigenvalue weighted by Crippen LogP contribution is -2.15. The molecule has 0 unspecified atom stereocenters. The van der Waals surface area contributed by atoms with Gasteiger partial charge in [-0.2, -0.15) is 0 Å². The summed E-state index contributed by atoms with van der Waals surface area (Å²) in [6, 6.07) is 7.40. The molecule has 3 nitrogen and oxygen atoms in total. The van der Waals surface area contributed by atoms with E-state index in [2.05, 4.69) is 4.84 Å². The highest BCUT2D eigenvalue weighted by Gasteiger charge is 2.04. The Morgan fingerprint density at radius 3 is 2.36 bits per heavy atom. The number of hydrogen-bond acceptors (Lipinski definition) is 3. The zero-order valence-electron chi connectivity index (χ0n) is 8.25. The van der Waals surface area contributed by atoms with Crippen molar-refractivity contribution < 1.29 is 4.79 Å². The Balaban J connectivity index is 2.78. The summed E-state index contributed by atoms with van der Waals surface area (Å²) in [6.07, 6.45) is 0. The van der Waals surface area contributed by atoms with E-state index >= 15 is 0 Å². The van der Waals surface area contributed by atoms with Gasteiger partial charge < -0.3 is 4.90 Å². The molecule has 4 heteroatoms. The van der Waals surface area contributed by atoms with Gasteiger partial charge in [-0.1, -0.05) is 0 Å². The predicted octanol–water partition coefficient (Wildman–Crippen LogP) is 1.68. The van der Waals surface area contributed by atoms with Gasteiger partial charge in [0.1, 0.15) is 0 Å². The second-order valence-electron chi connectivity index (χ2n) is 3.17. The minimum Gasteiger partial charge on any atom is -0.378 e. The highest BCUT2D eigenvalue weighted by Crippen LogP contribution is 2.12. The molecule has 0 aliphatic carbocycles. The van der Waals surface area contributed by atoms with E-state index in [0.29, 0.717) is 5.56 Å². The number of nitrogens with one attached hydrogen (secondary N) is 1. The predicted molar refractivity (Wildman–Crippen MR) is 59.0 cm³/mol. The number of ketones is 1. The normalized spacial score (nSPS) is 9.93. The molecule has 0 spiro atoms. The summed E-state index contributed by atoms with van der Waals surface area (Å²) < 4.78 is 0. The van der Waals surface area contributed by atoms with Crippen LogP contribution in [0.3, 0.4) is 0 Å². The first-order valence-corrected chi connectivity index (χ1v) is 4.67. The Bertz CT molecular complexity index is 308. The molecule has 1 aromatic rings. The molecule has 0 heterocycles. The molecule has 14 heavy (non-hydrogen) atoms. The van der Waals surface area contributed by atoms with Gasteiger partial charge in [-0.15, -0.1) is 0 Å². The largest absolute Gasteiger partial charge is 0.378 e. The third-order valence-corrected chi connectivity index (χ3v) is 2.07. The number of halogens is 1. The molecule has 0 amide bonds. The van der Waals surface area contributed by atoms with E-state index in [1.165, 1.54) is 0 Å². The second-order valence-corrected chi connectivity index (χ2v) is 3.44. The first-order valence-electron chi connectivity index (χ1n) is 4.29. The van der Waals surface area contributed by atoms with Gasteiger partial charge in [0.15, 0.2) is 5.78 Å². The van der Waals surface area contributed by atoms with Gasteiger partial charge >= 0.3 is 0 Å². The molecule has 1 rings (SSSR count). The Kier molecular flexibility index (Phi) is 3.92. The fraction of sp³-hybridized carbons (Fsp3) is 0.300. The van der Waals surface area contributed by atoms with Crippen LogP contribution in [0.25, 0.3) is 0 Å². The molecule has 1 aromatic carbocycles. The molecule has 0 bridgehead atoms. The summed E-state index contributed by atoms with van der Waals surface area (Å²) in [7, 11) is 3.91. The van der Waals surface area contributed by atoms with Crippen LogP contribution in [0.15, 0.2) is 24.3 Å². The van der Waals surface area contributed by atoms with Crippen LogP contribution in [-0.4, -0.2) is 26.4 Å². The maximum atomic E-state index is 11.4. The van der Waals surface area contributed by atoms with Crippen molar-refractivity contribution in [2.75, 3.05) is 25.5 Å². The lowest BCUT2D eigenvalue weighted by Gasteiger charge is -2.12. The third kappa shape index (κ3) is 2.72. The van der Waals surface area contributed by atoms with Crippen molar-refractivity contribution in [3.63, 3.8) is 0 Å². The smallest absolute Gasteiger partial charge is 0.177 e. The topological polar surface area (TPSA) is 32.3 Å². The van der Waals surface area contributed by atoms with Gasteiger partial charge in [-0.05, 0) is 36.0 Å². The minimum absolute atomic E-state index is 0.00898. The fourth-order valence-electron chi connectivity index (χ4n) is 1.11. The van der Waals surface area contributed by atoms with Crippen LogP contribution in [0, 0.1) is 0 Å². The molecule has 0 aliphatic rings. The van der Waals surface area contributed by atoms with Gasteiger partial charge in [-0.3, -0.25) is 4.79 Å². The average Bonchev–Trinajstić information content (AvgIpc) is 2.18. The van der Waals surface area contributed by atoms with Crippen LogP contribution >= 0.6 is 11.8 Å². The maximum Gasteiger partial charge on any atom is 0.177 e. The summed E-state index contributed by atoms with van der Waals surface area (Å²) in [4.78, 5) is 15.7.